The number of thiazole rings is 1. The lowest BCUT2D eigenvalue weighted by molar-refractivity contribution is 0.595. The highest BCUT2D eigenvalue weighted by Gasteiger charge is 2.26. The molecule has 6 rings (SSSR count). The SMILES string of the molecule is c1ccc(B(Oc2ccc3ccccc3c2-c2nc3ccccc3s2)c2ccccc2)cc1. The molecule has 0 fully saturated rings. The van der Waals surface area contributed by atoms with Gasteiger partial charge in [-0.2, -0.15) is 0 Å². The van der Waals surface area contributed by atoms with Gasteiger partial charge in [-0.15, -0.1) is 11.3 Å². The maximum atomic E-state index is 6.84. The van der Waals surface area contributed by atoms with Crippen molar-refractivity contribution in [1.29, 1.82) is 0 Å². The topological polar surface area (TPSA) is 22.1 Å². The van der Waals surface area contributed by atoms with Crippen LogP contribution in [0.15, 0.2) is 121 Å². The number of hydrogen-bond donors (Lipinski definition) is 0. The highest BCUT2D eigenvalue weighted by molar-refractivity contribution is 7.21. The number of para-hydroxylation sites is 1. The molecule has 0 aliphatic carbocycles. The Balaban J connectivity index is 1.55. The van der Waals surface area contributed by atoms with Crippen molar-refractivity contribution < 1.29 is 4.65 Å². The van der Waals surface area contributed by atoms with E-state index in [9.17, 15) is 0 Å². The number of fused-ring (bicyclic) bond motifs is 2. The normalized spacial score (nSPS) is 11.0. The minimum Gasteiger partial charge on any atom is -0.551 e. The summed E-state index contributed by atoms with van der Waals surface area (Å²) in [5, 5.41) is 3.30. The van der Waals surface area contributed by atoms with Crippen molar-refractivity contribution in [1.82, 2.24) is 4.98 Å². The fraction of sp³-hybridized carbons (Fsp3) is 0. The molecule has 33 heavy (non-hydrogen) atoms. The van der Waals surface area contributed by atoms with E-state index in [1.807, 2.05) is 18.2 Å². The fourth-order valence-corrected chi connectivity index (χ4v) is 5.29. The zero-order chi connectivity index (χ0) is 22.0. The van der Waals surface area contributed by atoms with Crippen molar-refractivity contribution in [3.8, 4) is 16.3 Å². The Bertz CT molecular complexity index is 1470. The van der Waals surface area contributed by atoms with Crippen molar-refractivity contribution in [2.24, 2.45) is 0 Å². The molecule has 0 bridgehead atoms. The number of hydrogen-bond acceptors (Lipinski definition) is 3. The zero-order valence-electron chi connectivity index (χ0n) is 17.9. The Labute approximate surface area is 197 Å². The molecule has 5 aromatic carbocycles. The lowest BCUT2D eigenvalue weighted by Gasteiger charge is -2.20. The predicted molar refractivity (Wildman–Crippen MR) is 141 cm³/mol. The Kier molecular flexibility index (Phi) is 5.13. The van der Waals surface area contributed by atoms with Crippen LogP contribution in [0.3, 0.4) is 0 Å². The molecule has 0 radical (unpaired) electrons. The summed E-state index contributed by atoms with van der Waals surface area (Å²) in [6.07, 6.45) is 0. The Morgan fingerprint density at radius 3 is 1.97 bits per heavy atom. The summed E-state index contributed by atoms with van der Waals surface area (Å²) in [6, 6.07) is 41.7. The van der Waals surface area contributed by atoms with E-state index >= 15 is 0 Å². The van der Waals surface area contributed by atoms with Crippen LogP contribution in [0, 0.1) is 0 Å². The number of nitrogens with zero attached hydrogens (tertiary/aromatic N) is 1. The van der Waals surface area contributed by atoms with Crippen LogP contribution in [-0.4, -0.2) is 11.9 Å². The highest BCUT2D eigenvalue weighted by atomic mass is 32.1. The van der Waals surface area contributed by atoms with Gasteiger partial charge in [-0.1, -0.05) is 103 Å². The highest BCUT2D eigenvalue weighted by Crippen LogP contribution is 2.40. The van der Waals surface area contributed by atoms with Gasteiger partial charge in [0.1, 0.15) is 10.8 Å². The van der Waals surface area contributed by atoms with Crippen LogP contribution in [0.4, 0.5) is 0 Å². The molecule has 0 saturated carbocycles. The molecule has 1 aromatic heterocycles. The molecule has 4 heteroatoms. The van der Waals surface area contributed by atoms with Crippen LogP contribution in [0.1, 0.15) is 0 Å². The minimum absolute atomic E-state index is 0.221. The molecule has 0 amide bonds. The smallest absolute Gasteiger partial charge is 0.426 e. The van der Waals surface area contributed by atoms with Gasteiger partial charge in [0, 0.05) is 0 Å². The first kappa shape index (κ1) is 19.8. The first-order chi connectivity index (χ1) is 16.4. The third-order valence-electron chi connectivity index (χ3n) is 5.85. The largest absolute Gasteiger partial charge is 0.551 e. The lowest BCUT2D eigenvalue weighted by Crippen LogP contribution is -2.47. The maximum absolute atomic E-state index is 6.84. The van der Waals surface area contributed by atoms with Gasteiger partial charge in [-0.25, -0.2) is 4.98 Å². The van der Waals surface area contributed by atoms with Gasteiger partial charge in [-0.05, 0) is 39.9 Å². The molecule has 0 saturated heterocycles. The average Bonchev–Trinajstić information content (AvgIpc) is 3.32. The monoisotopic (exact) mass is 441 g/mol. The second-order valence-electron chi connectivity index (χ2n) is 7.97. The van der Waals surface area contributed by atoms with Crippen LogP contribution in [-0.2, 0) is 0 Å². The average molecular weight is 441 g/mol. The summed E-state index contributed by atoms with van der Waals surface area (Å²) in [5.41, 5.74) is 4.30. The Morgan fingerprint density at radius 2 is 1.24 bits per heavy atom. The van der Waals surface area contributed by atoms with Gasteiger partial charge in [0.05, 0.1) is 15.8 Å². The third-order valence-corrected chi connectivity index (χ3v) is 6.90. The summed E-state index contributed by atoms with van der Waals surface area (Å²) in [6.45, 7) is -0.221. The predicted octanol–water partition coefficient (Wildman–Crippen LogP) is 6.30. The summed E-state index contributed by atoms with van der Waals surface area (Å²) in [4.78, 5) is 4.99. The summed E-state index contributed by atoms with van der Waals surface area (Å²) >= 11 is 1.71. The summed E-state index contributed by atoms with van der Waals surface area (Å²) < 4.78 is 8.02. The van der Waals surface area contributed by atoms with Crippen molar-refractivity contribution >= 4 is 50.2 Å². The molecule has 1 heterocycles. The third kappa shape index (κ3) is 3.79. The van der Waals surface area contributed by atoms with Crippen molar-refractivity contribution in [3.05, 3.63) is 121 Å². The molecule has 0 N–H and O–H groups in total. The Morgan fingerprint density at radius 1 is 0.606 bits per heavy atom. The first-order valence-corrected chi connectivity index (χ1v) is 11.8. The van der Waals surface area contributed by atoms with E-state index in [1.54, 1.807) is 11.3 Å². The van der Waals surface area contributed by atoms with Crippen LogP contribution < -0.4 is 15.6 Å². The van der Waals surface area contributed by atoms with E-state index in [-0.39, 0.29) is 6.92 Å². The van der Waals surface area contributed by atoms with Crippen LogP contribution in [0.25, 0.3) is 31.6 Å². The fourth-order valence-electron chi connectivity index (χ4n) is 4.26. The maximum Gasteiger partial charge on any atom is 0.426 e. The molecule has 0 unspecified atom stereocenters. The molecule has 6 aromatic rings. The molecule has 2 nitrogen and oxygen atoms in total. The van der Waals surface area contributed by atoms with Gasteiger partial charge in [-0.3, -0.25) is 0 Å². The van der Waals surface area contributed by atoms with Gasteiger partial charge in [0.2, 0.25) is 0 Å². The second-order valence-corrected chi connectivity index (χ2v) is 9.00. The molecule has 156 valence electrons. The first-order valence-electron chi connectivity index (χ1n) is 11.0. The molecule has 0 aliphatic rings. The van der Waals surface area contributed by atoms with Crippen molar-refractivity contribution in [2.75, 3.05) is 0 Å². The van der Waals surface area contributed by atoms with E-state index in [0.29, 0.717) is 0 Å². The summed E-state index contributed by atoms with van der Waals surface area (Å²) in [5.74, 6) is 0.838. The number of benzene rings is 5. The van der Waals surface area contributed by atoms with Gasteiger partial charge in [0.15, 0.2) is 0 Å². The van der Waals surface area contributed by atoms with Crippen LogP contribution in [0.2, 0.25) is 0 Å². The number of aromatic nitrogens is 1. The number of rotatable bonds is 5. The van der Waals surface area contributed by atoms with E-state index in [1.165, 1.54) is 10.1 Å². The van der Waals surface area contributed by atoms with E-state index in [4.69, 9.17) is 9.64 Å². The molecule has 0 spiro atoms. The lowest BCUT2D eigenvalue weighted by atomic mass is 9.55. The van der Waals surface area contributed by atoms with Crippen molar-refractivity contribution in [3.63, 3.8) is 0 Å². The van der Waals surface area contributed by atoms with Crippen LogP contribution >= 0.6 is 11.3 Å². The molecule has 0 atom stereocenters. The summed E-state index contributed by atoms with van der Waals surface area (Å²) in [7, 11) is 0. The standard InChI is InChI=1S/C29H20BNOS/c1-3-12-22(13-4-1)30(23-14-5-2-6-15-23)32-26-20-19-21-11-7-8-16-24(21)28(26)29-31-25-17-9-10-18-27(25)33-29/h1-20H. The van der Waals surface area contributed by atoms with E-state index < -0.39 is 0 Å². The van der Waals surface area contributed by atoms with Gasteiger partial charge >= 0.3 is 6.92 Å². The molecular formula is C29H20BNOS. The van der Waals surface area contributed by atoms with E-state index in [2.05, 4.69) is 103 Å². The molecule has 0 aliphatic heterocycles. The minimum atomic E-state index is -0.221. The van der Waals surface area contributed by atoms with Gasteiger partial charge < -0.3 is 4.65 Å². The Hall–Kier alpha value is -3.89. The zero-order valence-corrected chi connectivity index (χ0v) is 18.7. The molecular weight excluding hydrogens is 421 g/mol. The van der Waals surface area contributed by atoms with Crippen molar-refractivity contribution in [2.45, 2.75) is 0 Å². The van der Waals surface area contributed by atoms with Crippen LogP contribution in [0.5, 0.6) is 5.75 Å². The van der Waals surface area contributed by atoms with Gasteiger partial charge in [0.25, 0.3) is 0 Å². The van der Waals surface area contributed by atoms with E-state index in [0.717, 1.165) is 38.1 Å². The quantitative estimate of drug-likeness (QED) is 0.293. The second kappa shape index (κ2) is 8.57.